The van der Waals surface area contributed by atoms with E-state index in [4.69, 9.17) is 14.7 Å². The Bertz CT molecular complexity index is 682. The molecule has 1 aromatic heterocycles. The number of fused-ring (bicyclic) bond motifs is 1. The number of hydrogen-bond donors (Lipinski definition) is 1. The van der Waals surface area contributed by atoms with Gasteiger partial charge in [-0.3, -0.25) is 0 Å². The van der Waals surface area contributed by atoms with Crippen LogP contribution in [0.1, 0.15) is 39.2 Å². The zero-order valence-electron chi connectivity index (χ0n) is 14.3. The molecule has 1 spiro atoms. The Labute approximate surface area is 141 Å². The lowest BCUT2D eigenvalue weighted by atomic mass is 9.87. The summed E-state index contributed by atoms with van der Waals surface area (Å²) in [4.78, 5) is 18.2. The molecule has 3 heterocycles. The van der Waals surface area contributed by atoms with Gasteiger partial charge in [-0.1, -0.05) is 0 Å². The van der Waals surface area contributed by atoms with Crippen LogP contribution in [0.2, 0.25) is 0 Å². The van der Waals surface area contributed by atoms with E-state index in [-0.39, 0.29) is 11.6 Å². The third kappa shape index (κ3) is 3.23. The maximum atomic E-state index is 12.2. The molecule has 3 rings (SSSR count). The lowest BCUT2D eigenvalue weighted by Crippen LogP contribution is -2.56. The van der Waals surface area contributed by atoms with Crippen LogP contribution in [-0.2, 0) is 4.74 Å². The van der Waals surface area contributed by atoms with Crippen molar-refractivity contribution in [2.24, 2.45) is 0 Å². The normalized spacial score (nSPS) is 18.8. The largest absolute Gasteiger partial charge is 0.486 e. The maximum absolute atomic E-state index is 12.2. The fraction of sp³-hybridized carbons (Fsp3) is 0.588. The van der Waals surface area contributed by atoms with Crippen molar-refractivity contribution in [3.05, 3.63) is 17.8 Å². The molecule has 0 atom stereocenters. The fourth-order valence-corrected chi connectivity index (χ4v) is 2.98. The van der Waals surface area contributed by atoms with E-state index in [2.05, 4.69) is 16.4 Å². The Balaban J connectivity index is 1.67. The predicted octanol–water partition coefficient (Wildman–Crippen LogP) is 2.53. The van der Waals surface area contributed by atoms with Gasteiger partial charge in [-0.25, -0.2) is 9.78 Å². The predicted molar refractivity (Wildman–Crippen MR) is 87.8 cm³/mol. The summed E-state index contributed by atoms with van der Waals surface area (Å²) in [7, 11) is 0. The van der Waals surface area contributed by atoms with Crippen molar-refractivity contribution in [2.75, 3.05) is 25.0 Å². The number of piperidine rings is 1. The van der Waals surface area contributed by atoms with Gasteiger partial charge in [-0.15, -0.1) is 0 Å². The average molecular weight is 330 g/mol. The summed E-state index contributed by atoms with van der Waals surface area (Å²) < 4.78 is 11.3. The van der Waals surface area contributed by atoms with E-state index in [9.17, 15) is 4.79 Å². The van der Waals surface area contributed by atoms with Crippen molar-refractivity contribution < 1.29 is 14.3 Å². The van der Waals surface area contributed by atoms with Crippen molar-refractivity contribution in [1.82, 2.24) is 9.88 Å². The summed E-state index contributed by atoms with van der Waals surface area (Å²) in [5.41, 5.74) is -0.268. The first kappa shape index (κ1) is 16.4. The van der Waals surface area contributed by atoms with E-state index in [0.717, 1.165) is 12.8 Å². The number of nitrogens with zero attached hydrogens (tertiary/aromatic N) is 3. The lowest BCUT2D eigenvalue weighted by molar-refractivity contribution is 0.0149. The topological polar surface area (TPSA) is 87.5 Å². The lowest BCUT2D eigenvalue weighted by Gasteiger charge is -2.44. The summed E-state index contributed by atoms with van der Waals surface area (Å²) in [6.45, 7) is 7.24. The molecule has 0 unspecified atom stereocenters. The summed E-state index contributed by atoms with van der Waals surface area (Å²) in [6, 6.07) is 3.76. The molecule has 1 aromatic rings. The monoisotopic (exact) mass is 330 g/mol. The molecular formula is C17H22N4O3. The van der Waals surface area contributed by atoms with Crippen molar-refractivity contribution in [3.8, 4) is 11.8 Å². The van der Waals surface area contributed by atoms with Gasteiger partial charge in [-0.05, 0) is 39.7 Å². The van der Waals surface area contributed by atoms with E-state index >= 15 is 0 Å². The van der Waals surface area contributed by atoms with Gasteiger partial charge in [0.25, 0.3) is 0 Å². The molecular weight excluding hydrogens is 308 g/mol. The van der Waals surface area contributed by atoms with Crippen molar-refractivity contribution >= 4 is 11.9 Å². The Hall–Kier alpha value is -2.49. The van der Waals surface area contributed by atoms with Gasteiger partial charge in [0, 0.05) is 19.3 Å². The third-order valence-corrected chi connectivity index (χ3v) is 4.27. The van der Waals surface area contributed by atoms with Crippen LogP contribution in [0.15, 0.2) is 12.3 Å². The van der Waals surface area contributed by atoms with Crippen LogP contribution in [0.3, 0.4) is 0 Å². The second-order valence-corrected chi connectivity index (χ2v) is 7.31. The van der Waals surface area contributed by atoms with E-state index in [0.29, 0.717) is 36.8 Å². The van der Waals surface area contributed by atoms with Gasteiger partial charge < -0.3 is 19.7 Å². The Morgan fingerprint density at radius 3 is 2.79 bits per heavy atom. The van der Waals surface area contributed by atoms with Crippen molar-refractivity contribution in [2.45, 2.75) is 44.8 Å². The van der Waals surface area contributed by atoms with Gasteiger partial charge in [0.05, 0.1) is 11.1 Å². The second-order valence-electron chi connectivity index (χ2n) is 7.31. The number of amides is 1. The minimum Gasteiger partial charge on any atom is -0.486 e. The van der Waals surface area contributed by atoms with Crippen LogP contribution in [0.4, 0.5) is 10.6 Å². The number of carbonyl (C=O) groups excluding carboxylic acids is 1. The molecule has 1 saturated heterocycles. The zero-order chi connectivity index (χ0) is 17.4. The average Bonchev–Trinajstić information content (AvgIpc) is 2.53. The fourth-order valence-electron chi connectivity index (χ4n) is 2.98. The van der Waals surface area contributed by atoms with E-state index in [1.165, 1.54) is 0 Å². The highest BCUT2D eigenvalue weighted by atomic mass is 16.6. The van der Waals surface area contributed by atoms with E-state index < -0.39 is 5.60 Å². The number of rotatable bonds is 0. The second kappa shape index (κ2) is 5.86. The van der Waals surface area contributed by atoms with Crippen LogP contribution in [0.5, 0.6) is 5.75 Å². The molecule has 0 saturated carbocycles. The Morgan fingerprint density at radius 2 is 2.17 bits per heavy atom. The van der Waals surface area contributed by atoms with Gasteiger partial charge >= 0.3 is 6.09 Å². The summed E-state index contributed by atoms with van der Waals surface area (Å²) in [5, 5.41) is 12.6. The number of nitrogens with one attached hydrogen (secondary N) is 1. The van der Waals surface area contributed by atoms with E-state index in [1.54, 1.807) is 17.2 Å². The number of pyridine rings is 1. The molecule has 7 nitrogen and oxygen atoms in total. The van der Waals surface area contributed by atoms with Crippen molar-refractivity contribution in [3.63, 3.8) is 0 Å². The van der Waals surface area contributed by atoms with Crippen LogP contribution in [-0.4, -0.2) is 46.8 Å². The quantitative estimate of drug-likeness (QED) is 0.786. The minimum absolute atomic E-state index is 0.257. The molecule has 2 aliphatic heterocycles. The third-order valence-electron chi connectivity index (χ3n) is 4.27. The Kier molecular flexibility index (Phi) is 3.99. The van der Waals surface area contributed by atoms with Gasteiger partial charge in [0.2, 0.25) is 0 Å². The summed E-state index contributed by atoms with van der Waals surface area (Å²) >= 11 is 0. The molecule has 1 N–H and O–H groups in total. The van der Waals surface area contributed by atoms with Gasteiger partial charge in [0.1, 0.15) is 18.3 Å². The number of ether oxygens (including phenoxy) is 2. The van der Waals surface area contributed by atoms with Crippen molar-refractivity contribution in [1.29, 1.82) is 5.26 Å². The number of likely N-dealkylation sites (tertiary alicyclic amines) is 1. The molecule has 24 heavy (non-hydrogen) atoms. The number of aromatic nitrogens is 1. The Morgan fingerprint density at radius 1 is 1.46 bits per heavy atom. The summed E-state index contributed by atoms with van der Waals surface area (Å²) in [5.74, 6) is 1.12. The molecule has 7 heteroatoms. The zero-order valence-corrected chi connectivity index (χ0v) is 14.3. The van der Waals surface area contributed by atoms with E-state index in [1.807, 2.05) is 20.8 Å². The minimum atomic E-state index is -0.491. The molecule has 0 radical (unpaired) electrons. The highest BCUT2D eigenvalue weighted by molar-refractivity contribution is 5.68. The first-order valence-corrected chi connectivity index (χ1v) is 8.10. The smallest absolute Gasteiger partial charge is 0.410 e. The molecule has 0 bridgehead atoms. The highest BCUT2D eigenvalue weighted by Crippen LogP contribution is 2.37. The van der Waals surface area contributed by atoms with Crippen LogP contribution in [0.25, 0.3) is 0 Å². The number of carbonyl (C=O) groups is 1. The SMILES string of the molecule is CC(C)(C)OC(=O)N1CCC2(CC1)COc1c(C#N)ccnc1N2. The molecule has 2 aliphatic rings. The number of hydrogen-bond acceptors (Lipinski definition) is 6. The van der Waals surface area contributed by atoms with Gasteiger partial charge in [-0.2, -0.15) is 5.26 Å². The van der Waals surface area contributed by atoms with Crippen LogP contribution in [0, 0.1) is 11.3 Å². The first-order chi connectivity index (χ1) is 11.3. The standard InChI is InChI=1S/C17H22N4O3/c1-16(2,3)24-15(22)21-8-5-17(6-9-21)11-23-13-12(10-18)4-7-19-14(13)20-17/h4,7H,5-6,8-9,11H2,1-3H3,(H,19,20). The molecule has 1 fully saturated rings. The molecule has 0 aliphatic carbocycles. The molecule has 0 aromatic carbocycles. The van der Waals surface area contributed by atoms with Crippen LogP contribution < -0.4 is 10.1 Å². The number of anilines is 1. The van der Waals surface area contributed by atoms with Crippen LogP contribution >= 0.6 is 0 Å². The molecule has 1 amide bonds. The highest BCUT2D eigenvalue weighted by Gasteiger charge is 2.41. The molecule has 128 valence electrons. The first-order valence-electron chi connectivity index (χ1n) is 8.10. The number of nitriles is 1. The van der Waals surface area contributed by atoms with Gasteiger partial charge in [0.15, 0.2) is 11.6 Å². The summed E-state index contributed by atoms with van der Waals surface area (Å²) in [6.07, 6.45) is 2.80. The maximum Gasteiger partial charge on any atom is 0.410 e.